The van der Waals surface area contributed by atoms with Crippen LogP contribution in [-0.4, -0.2) is 23.4 Å². The minimum Gasteiger partial charge on any atom is -0.399 e. The highest BCUT2D eigenvalue weighted by molar-refractivity contribution is 5.95. The monoisotopic (exact) mass is 238 g/mol. The van der Waals surface area contributed by atoms with E-state index in [9.17, 15) is 9.18 Å². The SMILES string of the molecule is CCC(C)(C)N(C)C(=O)c1ccc(N)cc1F. The van der Waals surface area contributed by atoms with Crippen molar-refractivity contribution in [2.75, 3.05) is 12.8 Å². The van der Waals surface area contributed by atoms with Gasteiger partial charge in [-0.05, 0) is 38.5 Å². The molecular formula is C13H19FN2O. The molecule has 0 heterocycles. The predicted molar refractivity (Wildman–Crippen MR) is 67.3 cm³/mol. The number of halogens is 1. The molecule has 0 aliphatic carbocycles. The summed E-state index contributed by atoms with van der Waals surface area (Å²) in [6.45, 7) is 5.88. The van der Waals surface area contributed by atoms with E-state index in [1.165, 1.54) is 18.2 Å². The van der Waals surface area contributed by atoms with Crippen molar-refractivity contribution in [3.05, 3.63) is 29.6 Å². The summed E-state index contributed by atoms with van der Waals surface area (Å²) in [5, 5.41) is 0. The van der Waals surface area contributed by atoms with Crippen molar-refractivity contribution < 1.29 is 9.18 Å². The summed E-state index contributed by atoms with van der Waals surface area (Å²) in [6.07, 6.45) is 0.797. The molecule has 2 N–H and O–H groups in total. The van der Waals surface area contributed by atoms with E-state index in [2.05, 4.69) is 0 Å². The van der Waals surface area contributed by atoms with E-state index in [-0.39, 0.29) is 17.0 Å². The number of nitrogens with two attached hydrogens (primary N) is 1. The lowest BCUT2D eigenvalue weighted by molar-refractivity contribution is 0.0615. The van der Waals surface area contributed by atoms with Crippen molar-refractivity contribution in [3.63, 3.8) is 0 Å². The van der Waals surface area contributed by atoms with Crippen LogP contribution in [0.5, 0.6) is 0 Å². The highest BCUT2D eigenvalue weighted by atomic mass is 19.1. The van der Waals surface area contributed by atoms with Gasteiger partial charge in [-0.25, -0.2) is 4.39 Å². The maximum atomic E-state index is 13.6. The van der Waals surface area contributed by atoms with Crippen LogP contribution >= 0.6 is 0 Å². The Labute approximate surface area is 101 Å². The van der Waals surface area contributed by atoms with Gasteiger partial charge in [-0.3, -0.25) is 4.79 Å². The van der Waals surface area contributed by atoms with E-state index in [0.717, 1.165) is 6.42 Å². The predicted octanol–water partition coefficient (Wildman–Crippen LogP) is 2.67. The summed E-state index contributed by atoms with van der Waals surface area (Å²) in [6, 6.07) is 4.12. The van der Waals surface area contributed by atoms with Crippen LogP contribution in [0, 0.1) is 5.82 Å². The summed E-state index contributed by atoms with van der Waals surface area (Å²) >= 11 is 0. The molecule has 0 spiro atoms. The molecule has 0 saturated heterocycles. The Kier molecular flexibility index (Phi) is 3.76. The number of hydrogen-bond acceptors (Lipinski definition) is 2. The van der Waals surface area contributed by atoms with Crippen LogP contribution in [0.2, 0.25) is 0 Å². The zero-order valence-corrected chi connectivity index (χ0v) is 10.7. The normalized spacial score (nSPS) is 11.4. The average Bonchev–Trinajstić information content (AvgIpc) is 2.27. The summed E-state index contributed by atoms with van der Waals surface area (Å²) < 4.78 is 13.6. The van der Waals surface area contributed by atoms with Gasteiger partial charge in [0, 0.05) is 18.3 Å². The molecule has 0 aliphatic rings. The Balaban J connectivity index is 3.05. The maximum Gasteiger partial charge on any atom is 0.257 e. The zero-order chi connectivity index (χ0) is 13.2. The molecule has 1 amide bonds. The molecular weight excluding hydrogens is 219 g/mol. The van der Waals surface area contributed by atoms with Gasteiger partial charge in [0.2, 0.25) is 0 Å². The first-order chi connectivity index (χ1) is 7.79. The van der Waals surface area contributed by atoms with Crippen molar-refractivity contribution >= 4 is 11.6 Å². The Morgan fingerprint density at radius 2 is 2.06 bits per heavy atom. The molecule has 0 fully saturated rings. The maximum absolute atomic E-state index is 13.6. The summed E-state index contributed by atoms with van der Waals surface area (Å²) in [4.78, 5) is 13.7. The van der Waals surface area contributed by atoms with Crippen LogP contribution in [0.15, 0.2) is 18.2 Å². The van der Waals surface area contributed by atoms with E-state index in [1.807, 2.05) is 20.8 Å². The fourth-order valence-corrected chi connectivity index (χ4v) is 1.40. The van der Waals surface area contributed by atoms with Crippen molar-refractivity contribution in [3.8, 4) is 0 Å². The number of amides is 1. The lowest BCUT2D eigenvalue weighted by Crippen LogP contribution is -2.44. The highest BCUT2D eigenvalue weighted by Gasteiger charge is 2.27. The molecule has 1 aromatic rings. The average molecular weight is 238 g/mol. The molecule has 0 bridgehead atoms. The van der Waals surface area contributed by atoms with Gasteiger partial charge < -0.3 is 10.6 Å². The van der Waals surface area contributed by atoms with Crippen LogP contribution in [0.25, 0.3) is 0 Å². The van der Waals surface area contributed by atoms with Crippen molar-refractivity contribution in [1.29, 1.82) is 0 Å². The zero-order valence-electron chi connectivity index (χ0n) is 10.7. The Bertz CT molecular complexity index is 429. The smallest absolute Gasteiger partial charge is 0.257 e. The molecule has 1 aromatic carbocycles. The van der Waals surface area contributed by atoms with Gasteiger partial charge in [-0.1, -0.05) is 6.92 Å². The van der Waals surface area contributed by atoms with Crippen molar-refractivity contribution in [2.45, 2.75) is 32.7 Å². The molecule has 17 heavy (non-hydrogen) atoms. The van der Waals surface area contributed by atoms with Crippen LogP contribution in [0.4, 0.5) is 10.1 Å². The summed E-state index contributed by atoms with van der Waals surface area (Å²) in [5.41, 5.74) is 5.52. The van der Waals surface area contributed by atoms with E-state index in [4.69, 9.17) is 5.73 Å². The topological polar surface area (TPSA) is 46.3 Å². The number of carbonyl (C=O) groups excluding carboxylic acids is 1. The first-order valence-electron chi connectivity index (χ1n) is 5.62. The number of anilines is 1. The minimum absolute atomic E-state index is 0.0585. The number of benzene rings is 1. The Morgan fingerprint density at radius 1 is 1.47 bits per heavy atom. The molecule has 0 aliphatic heterocycles. The van der Waals surface area contributed by atoms with Crippen molar-refractivity contribution in [2.24, 2.45) is 0 Å². The minimum atomic E-state index is -0.575. The van der Waals surface area contributed by atoms with Gasteiger partial charge >= 0.3 is 0 Å². The standard InChI is InChI=1S/C13H19FN2O/c1-5-13(2,3)16(4)12(17)10-7-6-9(15)8-11(10)14/h6-8H,5,15H2,1-4H3. The van der Waals surface area contributed by atoms with Gasteiger partial charge in [0.1, 0.15) is 5.82 Å². The van der Waals surface area contributed by atoms with E-state index < -0.39 is 5.82 Å². The second-order valence-corrected chi connectivity index (χ2v) is 4.77. The van der Waals surface area contributed by atoms with E-state index in [0.29, 0.717) is 5.69 Å². The first kappa shape index (κ1) is 13.5. The summed E-state index contributed by atoms with van der Waals surface area (Å²) in [7, 11) is 1.68. The Morgan fingerprint density at radius 3 is 2.53 bits per heavy atom. The third-order valence-corrected chi connectivity index (χ3v) is 3.30. The lowest BCUT2D eigenvalue weighted by Gasteiger charge is -2.35. The fraction of sp³-hybridized carbons (Fsp3) is 0.462. The highest BCUT2D eigenvalue weighted by Crippen LogP contribution is 2.21. The number of carbonyl (C=O) groups is 1. The third kappa shape index (κ3) is 2.75. The number of rotatable bonds is 3. The molecule has 0 saturated carbocycles. The van der Waals surface area contributed by atoms with Gasteiger partial charge in [0.25, 0.3) is 5.91 Å². The molecule has 0 radical (unpaired) electrons. The second-order valence-electron chi connectivity index (χ2n) is 4.77. The van der Waals surface area contributed by atoms with Gasteiger partial charge in [0.05, 0.1) is 5.56 Å². The largest absolute Gasteiger partial charge is 0.399 e. The van der Waals surface area contributed by atoms with E-state index in [1.54, 1.807) is 11.9 Å². The molecule has 0 aromatic heterocycles. The van der Waals surface area contributed by atoms with Crippen LogP contribution < -0.4 is 5.73 Å². The van der Waals surface area contributed by atoms with Crippen LogP contribution in [-0.2, 0) is 0 Å². The molecule has 0 unspecified atom stereocenters. The summed E-state index contributed by atoms with van der Waals surface area (Å²) in [5.74, 6) is -0.900. The number of nitrogens with zero attached hydrogens (tertiary/aromatic N) is 1. The number of hydrogen-bond donors (Lipinski definition) is 1. The molecule has 3 nitrogen and oxygen atoms in total. The van der Waals surface area contributed by atoms with E-state index >= 15 is 0 Å². The third-order valence-electron chi connectivity index (χ3n) is 3.30. The molecule has 4 heteroatoms. The van der Waals surface area contributed by atoms with Crippen LogP contribution in [0.3, 0.4) is 0 Å². The first-order valence-corrected chi connectivity index (χ1v) is 5.62. The molecule has 1 rings (SSSR count). The van der Waals surface area contributed by atoms with Gasteiger partial charge in [-0.2, -0.15) is 0 Å². The Hall–Kier alpha value is -1.58. The number of nitrogen functional groups attached to an aromatic ring is 1. The lowest BCUT2D eigenvalue weighted by atomic mass is 9.98. The second kappa shape index (κ2) is 4.73. The van der Waals surface area contributed by atoms with Crippen molar-refractivity contribution in [1.82, 2.24) is 4.90 Å². The fourth-order valence-electron chi connectivity index (χ4n) is 1.40. The van der Waals surface area contributed by atoms with Gasteiger partial charge in [0.15, 0.2) is 0 Å². The van der Waals surface area contributed by atoms with Gasteiger partial charge in [-0.15, -0.1) is 0 Å². The quantitative estimate of drug-likeness (QED) is 0.823. The molecule has 0 atom stereocenters. The van der Waals surface area contributed by atoms with Crippen LogP contribution in [0.1, 0.15) is 37.6 Å². The molecule has 94 valence electrons.